The molecule has 1 amide bonds. The Kier molecular flexibility index (Phi) is 5.70. The van der Waals surface area contributed by atoms with Crippen LogP contribution in [0.5, 0.6) is 0 Å². The Morgan fingerprint density at radius 1 is 0.943 bits per heavy atom. The number of rotatable bonds is 5. The molecule has 2 heterocycles. The van der Waals surface area contributed by atoms with Crippen molar-refractivity contribution in [2.45, 2.75) is 20.4 Å². The van der Waals surface area contributed by atoms with Gasteiger partial charge in [0.25, 0.3) is 5.91 Å². The number of nitrogens with two attached hydrogens (primary N) is 1. The van der Waals surface area contributed by atoms with Crippen molar-refractivity contribution in [3.63, 3.8) is 0 Å². The molecule has 7 nitrogen and oxygen atoms in total. The Balaban J connectivity index is 1.89. The molecule has 5 aromatic rings. The van der Waals surface area contributed by atoms with E-state index < -0.39 is 5.91 Å². The lowest BCUT2D eigenvalue weighted by Gasteiger charge is -2.09. The van der Waals surface area contributed by atoms with Crippen LogP contribution in [0, 0.1) is 13.8 Å². The van der Waals surface area contributed by atoms with E-state index in [1.807, 2.05) is 62.4 Å². The van der Waals surface area contributed by atoms with Gasteiger partial charge in [0.2, 0.25) is 0 Å². The summed E-state index contributed by atoms with van der Waals surface area (Å²) in [5, 5.41) is 0.422. The maximum absolute atomic E-state index is 13.9. The highest BCUT2D eigenvalue weighted by Gasteiger charge is 2.25. The quantitative estimate of drug-likeness (QED) is 0.393. The number of benzene rings is 3. The van der Waals surface area contributed by atoms with Gasteiger partial charge < -0.3 is 5.73 Å². The zero-order valence-electron chi connectivity index (χ0n) is 19.2. The maximum Gasteiger partial charge on any atom is 0.335 e. The second kappa shape index (κ2) is 8.85. The van der Waals surface area contributed by atoms with Crippen molar-refractivity contribution in [2.75, 3.05) is 0 Å². The minimum atomic E-state index is -0.759. The fraction of sp³-hybridized carbons (Fsp3) is 0.111. The first-order valence-corrected chi connectivity index (χ1v) is 11.4. The van der Waals surface area contributed by atoms with Crippen LogP contribution in [0.3, 0.4) is 0 Å². The molecule has 0 saturated carbocycles. The molecule has 0 atom stereocenters. The third-order valence-corrected chi connectivity index (χ3v) is 6.38. The fourth-order valence-corrected chi connectivity index (χ4v) is 4.32. The summed E-state index contributed by atoms with van der Waals surface area (Å²) in [5.74, 6) is -0.545. The molecule has 2 N–H and O–H groups in total. The van der Waals surface area contributed by atoms with E-state index in [1.165, 1.54) is 9.13 Å². The third kappa shape index (κ3) is 4.00. The lowest BCUT2D eigenvalue weighted by Crippen LogP contribution is -2.24. The highest BCUT2D eigenvalue weighted by molar-refractivity contribution is 6.33. The number of imidazole rings is 1. The molecule has 0 aliphatic heterocycles. The van der Waals surface area contributed by atoms with Crippen molar-refractivity contribution in [2.24, 2.45) is 5.73 Å². The first-order valence-electron chi connectivity index (χ1n) is 11.0. The number of fused-ring (bicyclic) bond motifs is 1. The van der Waals surface area contributed by atoms with E-state index in [4.69, 9.17) is 22.3 Å². The van der Waals surface area contributed by atoms with Crippen LogP contribution in [0.15, 0.2) is 77.6 Å². The number of nitrogens with zero attached hydrogens (tertiary/aromatic N) is 4. The highest BCUT2D eigenvalue weighted by atomic mass is 35.5. The van der Waals surface area contributed by atoms with Crippen LogP contribution < -0.4 is 11.4 Å². The molecule has 8 heteroatoms. The average Bonchev–Trinajstić information content (AvgIpc) is 3.12. The first-order chi connectivity index (χ1) is 16.8. The van der Waals surface area contributed by atoms with Gasteiger partial charge in [-0.1, -0.05) is 60.1 Å². The number of carbonyl (C=O) groups is 1. The number of amides is 1. The molecule has 3 aromatic carbocycles. The summed E-state index contributed by atoms with van der Waals surface area (Å²) in [6, 6.07) is 22.3. The molecular weight excluding hydrogens is 462 g/mol. The van der Waals surface area contributed by atoms with Crippen LogP contribution >= 0.6 is 11.6 Å². The molecule has 35 heavy (non-hydrogen) atoms. The predicted molar refractivity (Wildman–Crippen MR) is 137 cm³/mol. The number of carbonyl (C=O) groups excluding carboxylic acids is 1. The molecular formula is C27H22ClN5O2. The molecule has 0 bridgehead atoms. The van der Waals surface area contributed by atoms with E-state index >= 15 is 0 Å². The van der Waals surface area contributed by atoms with Crippen molar-refractivity contribution in [1.29, 1.82) is 0 Å². The van der Waals surface area contributed by atoms with Crippen molar-refractivity contribution >= 4 is 28.7 Å². The zero-order valence-corrected chi connectivity index (χ0v) is 20.0. The number of halogens is 1. The van der Waals surface area contributed by atoms with Crippen LogP contribution in [0.4, 0.5) is 0 Å². The monoisotopic (exact) mass is 483 g/mol. The smallest absolute Gasteiger partial charge is 0.335 e. The van der Waals surface area contributed by atoms with Gasteiger partial charge in [-0.15, -0.1) is 0 Å². The predicted octanol–water partition coefficient (Wildman–Crippen LogP) is 4.67. The number of hydrogen-bond acceptors (Lipinski definition) is 4. The van der Waals surface area contributed by atoms with Crippen molar-refractivity contribution in [1.82, 2.24) is 19.1 Å². The molecule has 0 aliphatic carbocycles. The Hall–Kier alpha value is -4.23. The maximum atomic E-state index is 13.9. The van der Waals surface area contributed by atoms with Crippen molar-refractivity contribution in [3.8, 4) is 17.1 Å². The van der Waals surface area contributed by atoms with E-state index in [0.717, 1.165) is 16.7 Å². The van der Waals surface area contributed by atoms with E-state index in [1.54, 1.807) is 24.3 Å². The highest BCUT2D eigenvalue weighted by Crippen LogP contribution is 2.28. The van der Waals surface area contributed by atoms with Gasteiger partial charge in [-0.3, -0.25) is 9.36 Å². The van der Waals surface area contributed by atoms with Crippen LogP contribution in [-0.4, -0.2) is 25.0 Å². The largest absolute Gasteiger partial charge is 0.364 e. The Morgan fingerprint density at radius 3 is 2.34 bits per heavy atom. The number of aryl methyl sites for hydroxylation is 2. The standard InChI is InChI=1S/C27H22ClN5O2/c1-16-12-13-19(14-17(16)2)33-26-23(32(27(33)35)15-18-8-4-3-5-9-18)22(24(29)34)30-25(31-26)20-10-6-7-11-21(20)28/h3-14H,15H2,1-2H3,(H2,29,34). The third-order valence-electron chi connectivity index (χ3n) is 6.05. The van der Waals surface area contributed by atoms with Gasteiger partial charge in [0.1, 0.15) is 5.52 Å². The number of aromatic nitrogens is 4. The van der Waals surface area contributed by atoms with Gasteiger partial charge in [-0.25, -0.2) is 19.3 Å². The molecule has 0 unspecified atom stereocenters. The summed E-state index contributed by atoms with van der Waals surface area (Å²) in [5.41, 5.74) is 10.1. The minimum absolute atomic E-state index is 0.0412. The van der Waals surface area contributed by atoms with Gasteiger partial charge in [0.15, 0.2) is 17.2 Å². The summed E-state index contributed by atoms with van der Waals surface area (Å²) in [6.07, 6.45) is 0. The second-order valence-corrected chi connectivity index (χ2v) is 8.78. The Morgan fingerprint density at radius 2 is 1.66 bits per heavy atom. The topological polar surface area (TPSA) is 95.8 Å². The van der Waals surface area contributed by atoms with Crippen LogP contribution in [0.2, 0.25) is 5.02 Å². The molecule has 0 fully saturated rings. The molecule has 2 aromatic heterocycles. The summed E-state index contributed by atoms with van der Waals surface area (Å²) in [7, 11) is 0. The molecule has 0 radical (unpaired) electrons. The second-order valence-electron chi connectivity index (χ2n) is 8.37. The average molecular weight is 484 g/mol. The van der Waals surface area contributed by atoms with Gasteiger partial charge in [0.05, 0.1) is 17.3 Å². The minimum Gasteiger partial charge on any atom is -0.364 e. The summed E-state index contributed by atoms with van der Waals surface area (Å²) >= 11 is 6.41. The van der Waals surface area contributed by atoms with Crippen LogP contribution in [0.25, 0.3) is 28.2 Å². The zero-order chi connectivity index (χ0) is 24.7. The van der Waals surface area contributed by atoms with E-state index in [2.05, 4.69) is 4.98 Å². The van der Waals surface area contributed by atoms with Gasteiger partial charge in [-0.2, -0.15) is 0 Å². The van der Waals surface area contributed by atoms with Gasteiger partial charge in [0, 0.05) is 5.56 Å². The molecule has 0 spiro atoms. The van der Waals surface area contributed by atoms with E-state index in [0.29, 0.717) is 16.3 Å². The normalized spacial score (nSPS) is 11.2. The van der Waals surface area contributed by atoms with Gasteiger partial charge >= 0.3 is 5.69 Å². The molecule has 174 valence electrons. The van der Waals surface area contributed by atoms with Crippen molar-refractivity contribution < 1.29 is 4.79 Å². The Bertz CT molecular complexity index is 1650. The lowest BCUT2D eigenvalue weighted by molar-refractivity contribution is 0.0997. The SMILES string of the molecule is Cc1ccc(-n2c(=O)n(Cc3ccccc3)c3c(C(N)=O)nc(-c4ccccc4Cl)nc32)cc1C. The molecule has 0 saturated heterocycles. The summed E-state index contributed by atoms with van der Waals surface area (Å²) in [6.45, 7) is 4.21. The lowest BCUT2D eigenvalue weighted by atomic mass is 10.1. The van der Waals surface area contributed by atoms with Gasteiger partial charge in [-0.05, 0) is 54.8 Å². The number of hydrogen-bond donors (Lipinski definition) is 1. The first kappa shape index (κ1) is 22.6. The Labute approximate surface area is 206 Å². The molecule has 0 aliphatic rings. The fourth-order valence-electron chi connectivity index (χ4n) is 4.10. The van der Waals surface area contributed by atoms with Crippen LogP contribution in [-0.2, 0) is 6.54 Å². The summed E-state index contributed by atoms with van der Waals surface area (Å²) < 4.78 is 3.00. The number of primary amides is 1. The summed E-state index contributed by atoms with van der Waals surface area (Å²) in [4.78, 5) is 35.7. The van der Waals surface area contributed by atoms with E-state index in [9.17, 15) is 9.59 Å². The molecule has 5 rings (SSSR count). The van der Waals surface area contributed by atoms with Crippen molar-refractivity contribution in [3.05, 3.63) is 111 Å². The van der Waals surface area contributed by atoms with E-state index in [-0.39, 0.29) is 34.9 Å². The van der Waals surface area contributed by atoms with Crippen LogP contribution in [0.1, 0.15) is 27.2 Å².